The van der Waals surface area contributed by atoms with Gasteiger partial charge in [-0.1, -0.05) is 19.1 Å². The van der Waals surface area contributed by atoms with E-state index in [1.54, 1.807) is 43.0 Å². The molecule has 0 spiro atoms. The van der Waals surface area contributed by atoms with E-state index in [-0.39, 0.29) is 11.5 Å². The molecule has 5 aromatic heterocycles. The molecule has 0 aliphatic carbocycles. The quantitative estimate of drug-likeness (QED) is 0.438. The van der Waals surface area contributed by atoms with E-state index in [0.29, 0.717) is 35.5 Å². The van der Waals surface area contributed by atoms with Crippen LogP contribution in [-0.2, 0) is 13.1 Å². The maximum Gasteiger partial charge on any atom is 0.268 e. The highest BCUT2D eigenvalue weighted by atomic mass is 16.2. The molecular formula is C25H22N6O2. The first-order valence-corrected chi connectivity index (χ1v) is 10.8. The standard InChI is InChI=1S/C25H22N6O2/c1-2-11-30-21(13-19-23(30)29-22-7-3-4-12-31(22)25(19)33)24(32)28-15-17-8-9-20(27-14-17)18-6-5-10-26-16-18/h3-10,12-14,16H,2,11,15H2,1H3,(H,28,32). The summed E-state index contributed by atoms with van der Waals surface area (Å²) in [6.07, 6.45) is 7.71. The minimum atomic E-state index is -0.258. The van der Waals surface area contributed by atoms with Gasteiger partial charge >= 0.3 is 0 Å². The summed E-state index contributed by atoms with van der Waals surface area (Å²) in [5.74, 6) is -0.258. The molecule has 0 fully saturated rings. The van der Waals surface area contributed by atoms with Gasteiger partial charge in [-0.2, -0.15) is 0 Å². The molecule has 0 bridgehead atoms. The van der Waals surface area contributed by atoms with Crippen LogP contribution in [0, 0.1) is 0 Å². The van der Waals surface area contributed by atoms with Crippen molar-refractivity contribution in [1.82, 2.24) is 29.2 Å². The molecule has 164 valence electrons. The molecule has 0 unspecified atom stereocenters. The van der Waals surface area contributed by atoms with Gasteiger partial charge in [0, 0.05) is 43.4 Å². The Morgan fingerprint density at radius 1 is 1.09 bits per heavy atom. The van der Waals surface area contributed by atoms with E-state index in [4.69, 9.17) is 0 Å². The Kier molecular flexibility index (Phi) is 5.40. The molecule has 0 aromatic carbocycles. The van der Waals surface area contributed by atoms with Crippen molar-refractivity contribution >= 4 is 22.6 Å². The molecule has 8 heteroatoms. The topological polar surface area (TPSA) is 94.2 Å². The third-order valence-corrected chi connectivity index (χ3v) is 5.49. The van der Waals surface area contributed by atoms with Crippen LogP contribution in [0.4, 0.5) is 0 Å². The molecule has 33 heavy (non-hydrogen) atoms. The van der Waals surface area contributed by atoms with Crippen molar-refractivity contribution in [3.63, 3.8) is 0 Å². The smallest absolute Gasteiger partial charge is 0.268 e. The van der Waals surface area contributed by atoms with E-state index in [9.17, 15) is 9.59 Å². The fourth-order valence-corrected chi connectivity index (χ4v) is 3.88. The molecule has 5 aromatic rings. The minimum absolute atomic E-state index is 0.185. The fourth-order valence-electron chi connectivity index (χ4n) is 3.88. The number of hydrogen-bond donors (Lipinski definition) is 1. The molecule has 8 nitrogen and oxygen atoms in total. The molecule has 0 radical (unpaired) electrons. The van der Waals surface area contributed by atoms with Gasteiger partial charge in [0.2, 0.25) is 0 Å². The summed E-state index contributed by atoms with van der Waals surface area (Å²) in [4.78, 5) is 39.3. The monoisotopic (exact) mass is 438 g/mol. The maximum absolute atomic E-state index is 13.1. The highest BCUT2D eigenvalue weighted by molar-refractivity contribution is 5.98. The van der Waals surface area contributed by atoms with Gasteiger partial charge < -0.3 is 9.88 Å². The number of amides is 1. The van der Waals surface area contributed by atoms with Crippen molar-refractivity contribution in [2.45, 2.75) is 26.4 Å². The van der Waals surface area contributed by atoms with Crippen LogP contribution in [0.1, 0.15) is 29.4 Å². The Balaban J connectivity index is 1.42. The summed E-state index contributed by atoms with van der Waals surface area (Å²) in [5, 5.41) is 3.38. The zero-order chi connectivity index (χ0) is 22.8. The van der Waals surface area contributed by atoms with Gasteiger partial charge in [-0.05, 0) is 48.4 Å². The predicted molar refractivity (Wildman–Crippen MR) is 126 cm³/mol. The number of fused-ring (bicyclic) bond motifs is 2. The second-order valence-corrected chi connectivity index (χ2v) is 7.74. The normalized spacial score (nSPS) is 11.2. The largest absolute Gasteiger partial charge is 0.347 e. The van der Waals surface area contributed by atoms with Gasteiger partial charge in [-0.25, -0.2) is 4.98 Å². The van der Waals surface area contributed by atoms with Crippen molar-refractivity contribution < 1.29 is 4.79 Å². The summed E-state index contributed by atoms with van der Waals surface area (Å²) in [5.41, 5.74) is 3.95. The third-order valence-electron chi connectivity index (χ3n) is 5.49. The van der Waals surface area contributed by atoms with E-state index in [0.717, 1.165) is 23.2 Å². The summed E-state index contributed by atoms with van der Waals surface area (Å²) < 4.78 is 3.32. The molecule has 5 heterocycles. The average molecular weight is 438 g/mol. The third kappa shape index (κ3) is 3.87. The van der Waals surface area contributed by atoms with Crippen LogP contribution < -0.4 is 10.9 Å². The summed E-state index contributed by atoms with van der Waals surface area (Å²) in [6, 6.07) is 14.7. The van der Waals surface area contributed by atoms with E-state index in [1.165, 1.54) is 4.40 Å². The lowest BCUT2D eigenvalue weighted by atomic mass is 10.1. The van der Waals surface area contributed by atoms with Gasteiger partial charge in [0.15, 0.2) is 0 Å². The highest BCUT2D eigenvalue weighted by Crippen LogP contribution is 2.18. The summed E-state index contributed by atoms with van der Waals surface area (Å²) in [7, 11) is 0. The zero-order valence-corrected chi connectivity index (χ0v) is 18.1. The van der Waals surface area contributed by atoms with E-state index >= 15 is 0 Å². The minimum Gasteiger partial charge on any atom is -0.347 e. The van der Waals surface area contributed by atoms with Crippen LogP contribution in [0.5, 0.6) is 0 Å². The molecule has 0 saturated heterocycles. The Morgan fingerprint density at radius 2 is 2.00 bits per heavy atom. The number of carbonyl (C=O) groups excluding carboxylic acids is 1. The van der Waals surface area contributed by atoms with Crippen LogP contribution in [0.25, 0.3) is 27.9 Å². The van der Waals surface area contributed by atoms with Crippen LogP contribution in [0.15, 0.2) is 78.1 Å². The number of aryl methyl sites for hydroxylation is 1. The molecule has 5 rings (SSSR count). The van der Waals surface area contributed by atoms with Crippen molar-refractivity contribution in [2.24, 2.45) is 0 Å². The van der Waals surface area contributed by atoms with Crippen molar-refractivity contribution in [2.75, 3.05) is 0 Å². The molecule has 0 saturated carbocycles. The predicted octanol–water partition coefficient (Wildman–Crippen LogP) is 3.45. The Morgan fingerprint density at radius 3 is 2.76 bits per heavy atom. The first kappa shape index (κ1) is 20.6. The van der Waals surface area contributed by atoms with Crippen molar-refractivity contribution in [3.05, 3.63) is 94.9 Å². The number of nitrogens with one attached hydrogen (secondary N) is 1. The van der Waals surface area contributed by atoms with E-state index in [1.807, 2.05) is 41.8 Å². The van der Waals surface area contributed by atoms with Gasteiger partial charge in [0.05, 0.1) is 11.1 Å². The zero-order valence-electron chi connectivity index (χ0n) is 18.1. The second-order valence-electron chi connectivity index (χ2n) is 7.74. The Hall–Kier alpha value is -4.33. The number of carbonyl (C=O) groups is 1. The SMILES string of the molecule is CCCn1c(C(=O)NCc2ccc(-c3cccnc3)nc2)cc2c(=O)n3ccccc3nc21. The van der Waals surface area contributed by atoms with Gasteiger partial charge in [0.1, 0.15) is 17.0 Å². The highest BCUT2D eigenvalue weighted by Gasteiger charge is 2.19. The first-order valence-electron chi connectivity index (χ1n) is 10.8. The molecule has 0 aliphatic rings. The lowest BCUT2D eigenvalue weighted by Gasteiger charge is -2.10. The molecule has 0 aliphatic heterocycles. The van der Waals surface area contributed by atoms with Crippen molar-refractivity contribution in [3.8, 4) is 11.3 Å². The first-order chi connectivity index (χ1) is 16.2. The van der Waals surface area contributed by atoms with Crippen LogP contribution in [-0.4, -0.2) is 29.8 Å². The van der Waals surface area contributed by atoms with Crippen molar-refractivity contribution in [1.29, 1.82) is 0 Å². The molecule has 0 atom stereocenters. The van der Waals surface area contributed by atoms with Crippen LogP contribution in [0.3, 0.4) is 0 Å². The molecular weight excluding hydrogens is 416 g/mol. The van der Waals surface area contributed by atoms with E-state index < -0.39 is 0 Å². The van der Waals surface area contributed by atoms with Gasteiger partial charge in [-0.15, -0.1) is 0 Å². The lowest BCUT2D eigenvalue weighted by molar-refractivity contribution is 0.0942. The van der Waals surface area contributed by atoms with Gasteiger partial charge in [-0.3, -0.25) is 24.0 Å². The molecule has 1 amide bonds. The Bertz CT molecular complexity index is 1500. The van der Waals surface area contributed by atoms with Crippen LogP contribution in [0.2, 0.25) is 0 Å². The number of rotatable bonds is 6. The summed E-state index contributed by atoms with van der Waals surface area (Å²) >= 11 is 0. The number of pyridine rings is 3. The van der Waals surface area contributed by atoms with E-state index in [2.05, 4.69) is 20.3 Å². The molecule has 1 N–H and O–H groups in total. The number of nitrogens with zero attached hydrogens (tertiary/aromatic N) is 5. The second kappa shape index (κ2) is 8.66. The van der Waals surface area contributed by atoms with Gasteiger partial charge in [0.25, 0.3) is 11.5 Å². The maximum atomic E-state index is 13.1. The number of aromatic nitrogens is 5. The number of hydrogen-bond acceptors (Lipinski definition) is 5. The Labute approximate surface area is 189 Å². The average Bonchev–Trinajstić information content (AvgIpc) is 3.22. The fraction of sp³-hybridized carbons (Fsp3) is 0.160. The van der Waals surface area contributed by atoms with Crippen LogP contribution >= 0.6 is 0 Å². The lowest BCUT2D eigenvalue weighted by Crippen LogP contribution is -2.25. The summed E-state index contributed by atoms with van der Waals surface area (Å²) in [6.45, 7) is 2.93.